The van der Waals surface area contributed by atoms with Gasteiger partial charge < -0.3 is 20.7 Å². The molecule has 4 atom stereocenters. The fraction of sp³-hybridized carbons (Fsp3) is 0.533. The van der Waals surface area contributed by atoms with E-state index in [1.807, 2.05) is 0 Å². The van der Waals surface area contributed by atoms with Crippen LogP contribution in [0.1, 0.15) is 43.2 Å². The standard InChI is InChI=1S/C30H33F4N9O/c1-16-9-22(35)39-24(23(16)30(32,33)34)20-10-21-25(42-8-6-37-26(20)42)27(43-18-3-4-19(43)13-36-12-18)40-28(38-21)44-15-29-5-2-7-41(29)14-17(31)11-29/h6,8-10,17-19,36H,2-5,7,11-15H2,1H3,(H2,35,39)/t17-,18-,19+,29+/m1/s1. The summed E-state index contributed by atoms with van der Waals surface area (Å²) in [5, 5.41) is 3.49. The Morgan fingerprint density at radius 1 is 1.14 bits per heavy atom. The number of nitrogens with zero attached hydrogens (tertiary/aromatic N) is 7. The first-order valence-electron chi connectivity index (χ1n) is 15.1. The molecular formula is C30H33F4N9O. The summed E-state index contributed by atoms with van der Waals surface area (Å²) < 4.78 is 65.8. The first-order chi connectivity index (χ1) is 21.1. The van der Waals surface area contributed by atoms with E-state index >= 15 is 0 Å². The molecule has 0 aliphatic carbocycles. The van der Waals surface area contributed by atoms with Gasteiger partial charge in [-0.1, -0.05) is 0 Å². The molecule has 8 heterocycles. The number of pyridine rings is 2. The smallest absolute Gasteiger partial charge is 0.418 e. The van der Waals surface area contributed by atoms with Crippen LogP contribution in [0.5, 0.6) is 6.01 Å². The van der Waals surface area contributed by atoms with Gasteiger partial charge in [-0.25, -0.2) is 14.4 Å². The van der Waals surface area contributed by atoms with Crippen molar-refractivity contribution in [3.05, 3.63) is 35.7 Å². The first kappa shape index (κ1) is 27.7. The highest BCUT2D eigenvalue weighted by atomic mass is 19.4. The number of fused-ring (bicyclic) bond motifs is 6. The number of rotatable bonds is 5. The SMILES string of the molecule is Cc1cc(N)nc(-c2cc3nc(OC[C@@]45CCCN4C[C@H](F)C5)nc(N4[C@@H]5CC[C@H]4CNC5)c3n3ccnc23)c1C(F)(F)F. The van der Waals surface area contributed by atoms with E-state index < -0.39 is 23.5 Å². The average Bonchev–Trinajstić information content (AvgIpc) is 3.71. The maximum atomic E-state index is 14.5. The zero-order valence-corrected chi connectivity index (χ0v) is 24.2. The van der Waals surface area contributed by atoms with Crippen LogP contribution in [0.3, 0.4) is 0 Å². The fourth-order valence-corrected chi connectivity index (χ4v) is 8.10. The highest BCUT2D eigenvalue weighted by Gasteiger charge is 2.49. The van der Waals surface area contributed by atoms with Crippen LogP contribution in [0.4, 0.5) is 29.2 Å². The zero-order valence-electron chi connectivity index (χ0n) is 24.2. The second-order valence-electron chi connectivity index (χ2n) is 12.6. The van der Waals surface area contributed by atoms with E-state index in [-0.39, 0.29) is 47.3 Å². The van der Waals surface area contributed by atoms with E-state index in [9.17, 15) is 17.6 Å². The minimum atomic E-state index is -4.67. The number of nitrogen functional groups attached to an aromatic ring is 1. The summed E-state index contributed by atoms with van der Waals surface area (Å²) in [6.07, 6.45) is 1.85. The van der Waals surface area contributed by atoms with E-state index in [0.717, 1.165) is 45.3 Å². The Morgan fingerprint density at radius 3 is 2.70 bits per heavy atom. The van der Waals surface area contributed by atoms with E-state index in [1.165, 1.54) is 13.0 Å². The number of nitrogens with one attached hydrogen (secondary N) is 1. The second-order valence-corrected chi connectivity index (χ2v) is 12.6. The van der Waals surface area contributed by atoms with Crippen molar-refractivity contribution >= 4 is 28.3 Å². The predicted molar refractivity (Wildman–Crippen MR) is 156 cm³/mol. The van der Waals surface area contributed by atoms with Gasteiger partial charge in [0.05, 0.1) is 22.3 Å². The van der Waals surface area contributed by atoms with Gasteiger partial charge in [0, 0.05) is 56.1 Å². The van der Waals surface area contributed by atoms with E-state index in [4.69, 9.17) is 20.4 Å². The number of nitrogens with two attached hydrogens (primary N) is 1. The summed E-state index contributed by atoms with van der Waals surface area (Å²) in [6, 6.07) is 3.31. The van der Waals surface area contributed by atoms with Gasteiger partial charge in [-0.15, -0.1) is 0 Å². The van der Waals surface area contributed by atoms with Gasteiger partial charge in [0.2, 0.25) is 0 Å². The van der Waals surface area contributed by atoms with Gasteiger partial charge in [-0.05, 0) is 56.8 Å². The van der Waals surface area contributed by atoms with Crippen LogP contribution in [0.25, 0.3) is 27.9 Å². The van der Waals surface area contributed by atoms with Gasteiger partial charge >= 0.3 is 12.2 Å². The lowest BCUT2D eigenvalue weighted by Gasteiger charge is -2.37. The maximum absolute atomic E-state index is 14.5. The summed E-state index contributed by atoms with van der Waals surface area (Å²) in [5.74, 6) is 0.625. The third-order valence-electron chi connectivity index (χ3n) is 9.91. The molecule has 4 aliphatic rings. The van der Waals surface area contributed by atoms with Crippen molar-refractivity contribution in [3.63, 3.8) is 0 Å². The number of hydrogen-bond acceptors (Lipinski definition) is 9. The summed E-state index contributed by atoms with van der Waals surface area (Å²) in [6.45, 7) is 4.42. The zero-order chi connectivity index (χ0) is 30.4. The molecule has 0 spiro atoms. The van der Waals surface area contributed by atoms with Gasteiger partial charge in [-0.2, -0.15) is 23.1 Å². The Labute approximate surface area is 250 Å². The van der Waals surface area contributed by atoms with Crippen LogP contribution in [0.2, 0.25) is 0 Å². The number of ether oxygens (including phenoxy) is 1. The average molecular weight is 612 g/mol. The number of aryl methyl sites for hydroxylation is 1. The molecule has 0 unspecified atom stereocenters. The van der Waals surface area contributed by atoms with E-state index in [1.54, 1.807) is 22.9 Å². The van der Waals surface area contributed by atoms with Crippen LogP contribution in [-0.2, 0) is 6.18 Å². The Bertz CT molecular complexity index is 1760. The lowest BCUT2D eigenvalue weighted by molar-refractivity contribution is -0.137. The molecule has 4 fully saturated rings. The maximum Gasteiger partial charge on any atom is 0.418 e. The van der Waals surface area contributed by atoms with Crippen LogP contribution < -0.4 is 20.7 Å². The first-order valence-corrected chi connectivity index (χ1v) is 15.1. The van der Waals surface area contributed by atoms with Crippen molar-refractivity contribution in [3.8, 4) is 17.3 Å². The number of alkyl halides is 4. The van der Waals surface area contributed by atoms with Gasteiger partial charge in [0.25, 0.3) is 0 Å². The number of piperazine rings is 1. The molecule has 4 aromatic heterocycles. The second kappa shape index (κ2) is 9.86. The lowest BCUT2D eigenvalue weighted by Crippen LogP contribution is -2.52. The summed E-state index contributed by atoms with van der Waals surface area (Å²) >= 11 is 0. The quantitative estimate of drug-likeness (QED) is 0.322. The number of imidazole rings is 1. The monoisotopic (exact) mass is 611 g/mol. The van der Waals surface area contributed by atoms with Crippen molar-refractivity contribution in [2.75, 3.05) is 43.4 Å². The topological polar surface area (TPSA) is 110 Å². The highest BCUT2D eigenvalue weighted by molar-refractivity contribution is 5.95. The van der Waals surface area contributed by atoms with Crippen molar-refractivity contribution < 1.29 is 22.3 Å². The van der Waals surface area contributed by atoms with E-state index in [0.29, 0.717) is 35.5 Å². The number of anilines is 2. The molecular weight excluding hydrogens is 578 g/mol. The fourth-order valence-electron chi connectivity index (χ4n) is 8.10. The molecule has 4 aromatic rings. The molecule has 0 radical (unpaired) electrons. The molecule has 232 valence electrons. The van der Waals surface area contributed by atoms with Gasteiger partial charge in [0.15, 0.2) is 5.82 Å². The molecule has 44 heavy (non-hydrogen) atoms. The Morgan fingerprint density at radius 2 is 1.93 bits per heavy atom. The molecule has 4 aliphatic heterocycles. The highest BCUT2D eigenvalue weighted by Crippen LogP contribution is 2.44. The largest absolute Gasteiger partial charge is 0.461 e. The van der Waals surface area contributed by atoms with Crippen molar-refractivity contribution in [2.24, 2.45) is 0 Å². The van der Waals surface area contributed by atoms with Gasteiger partial charge in [0.1, 0.15) is 29.8 Å². The molecule has 14 heteroatoms. The van der Waals surface area contributed by atoms with Crippen LogP contribution in [0, 0.1) is 6.92 Å². The van der Waals surface area contributed by atoms with E-state index in [2.05, 4.69) is 25.1 Å². The number of aromatic nitrogens is 5. The molecule has 0 saturated carbocycles. The lowest BCUT2D eigenvalue weighted by atomic mass is 9.95. The molecule has 0 aromatic carbocycles. The molecule has 8 rings (SSSR count). The minimum absolute atomic E-state index is 0.0248. The minimum Gasteiger partial charge on any atom is -0.461 e. The molecule has 3 N–H and O–H groups in total. The van der Waals surface area contributed by atoms with Crippen molar-refractivity contribution in [2.45, 2.75) is 69.0 Å². The molecule has 0 amide bonds. The Balaban J connectivity index is 1.33. The number of hydrogen-bond donors (Lipinski definition) is 2. The van der Waals surface area contributed by atoms with Crippen molar-refractivity contribution in [1.29, 1.82) is 0 Å². The van der Waals surface area contributed by atoms with Crippen molar-refractivity contribution in [1.82, 2.24) is 34.6 Å². The predicted octanol–water partition coefficient (Wildman–Crippen LogP) is 4.14. The van der Waals surface area contributed by atoms with Crippen LogP contribution in [-0.4, -0.2) is 85.8 Å². The summed E-state index contributed by atoms with van der Waals surface area (Å²) in [5.41, 5.74) is 5.84. The molecule has 2 bridgehead atoms. The normalized spacial score (nSPS) is 27.1. The Hall–Kier alpha value is -3.78. The summed E-state index contributed by atoms with van der Waals surface area (Å²) in [7, 11) is 0. The molecule has 4 saturated heterocycles. The third kappa shape index (κ3) is 4.28. The Kier molecular flexibility index (Phi) is 6.22. The van der Waals surface area contributed by atoms with Gasteiger partial charge in [-0.3, -0.25) is 9.30 Å². The third-order valence-corrected chi connectivity index (χ3v) is 9.91. The van der Waals surface area contributed by atoms with Crippen LogP contribution in [0.15, 0.2) is 24.5 Å². The molecule has 10 nitrogen and oxygen atoms in total. The van der Waals surface area contributed by atoms with Crippen LogP contribution >= 0.6 is 0 Å². The number of halogens is 4. The summed E-state index contributed by atoms with van der Waals surface area (Å²) in [4.78, 5) is 22.8.